The zero-order valence-electron chi connectivity index (χ0n) is 9.07. The highest BCUT2D eigenvalue weighted by molar-refractivity contribution is 6.29. The molecule has 0 aliphatic heterocycles. The highest BCUT2D eigenvalue weighted by Gasteiger charge is 2.02. The predicted octanol–water partition coefficient (Wildman–Crippen LogP) is 2.18. The second-order valence-corrected chi connectivity index (χ2v) is 3.84. The fraction of sp³-hybridized carbons (Fsp3) is 0.455. The van der Waals surface area contributed by atoms with Gasteiger partial charge in [0.25, 0.3) is 0 Å². The summed E-state index contributed by atoms with van der Waals surface area (Å²) in [7, 11) is 0. The number of pyridine rings is 1. The minimum absolute atomic E-state index is 0.289. The molecule has 0 aliphatic rings. The van der Waals surface area contributed by atoms with E-state index < -0.39 is 0 Å². The van der Waals surface area contributed by atoms with Crippen LogP contribution in [0.15, 0.2) is 12.1 Å². The van der Waals surface area contributed by atoms with E-state index in [1.54, 1.807) is 6.07 Å². The van der Waals surface area contributed by atoms with E-state index in [4.69, 9.17) is 16.9 Å². The molecular weight excluding hydrogens is 226 g/mol. The predicted molar refractivity (Wildman–Crippen MR) is 63.4 cm³/mol. The maximum Gasteiger partial charge on any atom is 0.132 e. The number of aliphatic hydroxyl groups excluding tert-OH is 1. The molecule has 86 valence electrons. The van der Waals surface area contributed by atoms with E-state index in [0.717, 1.165) is 6.42 Å². The van der Waals surface area contributed by atoms with Gasteiger partial charge >= 0.3 is 0 Å². The minimum atomic E-state index is -0.304. The van der Waals surface area contributed by atoms with Gasteiger partial charge in [-0.3, -0.25) is 0 Å². The minimum Gasteiger partial charge on any atom is -0.393 e. The molecule has 0 saturated carbocycles. The van der Waals surface area contributed by atoms with Crippen molar-refractivity contribution in [2.75, 3.05) is 11.9 Å². The van der Waals surface area contributed by atoms with E-state index in [1.165, 1.54) is 6.07 Å². The van der Waals surface area contributed by atoms with Crippen LogP contribution in [0.4, 0.5) is 5.82 Å². The summed E-state index contributed by atoms with van der Waals surface area (Å²) < 4.78 is 0. The molecule has 0 aliphatic carbocycles. The summed E-state index contributed by atoms with van der Waals surface area (Å²) in [6.07, 6.45) is 1.07. The first-order valence-corrected chi connectivity index (χ1v) is 5.53. The normalized spacial score (nSPS) is 11.9. The maximum atomic E-state index is 9.35. The average molecular weight is 240 g/mol. The van der Waals surface area contributed by atoms with Gasteiger partial charge in [0.15, 0.2) is 0 Å². The molecule has 1 atom stereocenters. The molecule has 16 heavy (non-hydrogen) atoms. The van der Waals surface area contributed by atoms with Crippen molar-refractivity contribution in [2.45, 2.75) is 25.9 Å². The second-order valence-electron chi connectivity index (χ2n) is 3.45. The van der Waals surface area contributed by atoms with E-state index in [0.29, 0.717) is 24.3 Å². The van der Waals surface area contributed by atoms with Crippen LogP contribution < -0.4 is 5.32 Å². The maximum absolute atomic E-state index is 9.35. The van der Waals surface area contributed by atoms with Gasteiger partial charge in [0.1, 0.15) is 11.0 Å². The van der Waals surface area contributed by atoms with Crippen molar-refractivity contribution in [3.63, 3.8) is 0 Å². The average Bonchev–Trinajstić information content (AvgIpc) is 2.28. The highest BCUT2D eigenvalue weighted by Crippen LogP contribution is 2.13. The van der Waals surface area contributed by atoms with Crippen molar-refractivity contribution in [3.05, 3.63) is 22.8 Å². The number of halogens is 1. The molecule has 2 N–H and O–H groups in total. The molecule has 0 aromatic carbocycles. The number of anilines is 1. The number of rotatable bonds is 5. The van der Waals surface area contributed by atoms with Gasteiger partial charge in [-0.2, -0.15) is 5.26 Å². The lowest BCUT2D eigenvalue weighted by Crippen LogP contribution is -2.12. The zero-order valence-corrected chi connectivity index (χ0v) is 9.83. The Morgan fingerprint density at radius 3 is 3.00 bits per heavy atom. The summed E-state index contributed by atoms with van der Waals surface area (Å²) in [5, 5.41) is 21.4. The SMILES string of the molecule is CCC(O)CCNc1cc(C#N)cc(Cl)n1. The summed E-state index contributed by atoms with van der Waals surface area (Å²) in [5.41, 5.74) is 0.471. The Labute approximate surface area is 99.9 Å². The third-order valence-corrected chi connectivity index (χ3v) is 2.37. The molecule has 0 amide bonds. The van der Waals surface area contributed by atoms with Crippen molar-refractivity contribution >= 4 is 17.4 Å². The van der Waals surface area contributed by atoms with Crippen LogP contribution in [0.1, 0.15) is 25.3 Å². The Kier molecular flexibility index (Phi) is 5.03. The molecule has 4 nitrogen and oxygen atoms in total. The molecule has 1 aromatic heterocycles. The molecule has 1 unspecified atom stereocenters. The molecule has 1 aromatic rings. The van der Waals surface area contributed by atoms with Gasteiger partial charge in [-0.05, 0) is 25.0 Å². The van der Waals surface area contributed by atoms with Crippen molar-refractivity contribution in [1.29, 1.82) is 5.26 Å². The highest BCUT2D eigenvalue weighted by atomic mass is 35.5. The van der Waals surface area contributed by atoms with Crippen molar-refractivity contribution in [1.82, 2.24) is 4.98 Å². The Balaban J connectivity index is 2.54. The first kappa shape index (κ1) is 12.8. The van der Waals surface area contributed by atoms with Crippen LogP contribution in [0.3, 0.4) is 0 Å². The quantitative estimate of drug-likeness (QED) is 0.773. The molecule has 0 radical (unpaired) electrons. The van der Waals surface area contributed by atoms with Gasteiger partial charge in [-0.15, -0.1) is 0 Å². The standard InChI is InChI=1S/C11H14ClN3O/c1-2-9(16)3-4-14-11-6-8(7-13)5-10(12)15-11/h5-6,9,16H,2-4H2,1H3,(H,14,15). The Hall–Kier alpha value is -1.31. The van der Waals surface area contributed by atoms with Crippen LogP contribution in [0, 0.1) is 11.3 Å². The first-order valence-electron chi connectivity index (χ1n) is 5.15. The zero-order chi connectivity index (χ0) is 12.0. The second kappa shape index (κ2) is 6.31. The summed E-state index contributed by atoms with van der Waals surface area (Å²) in [6.45, 7) is 2.53. The number of hydrogen-bond donors (Lipinski definition) is 2. The van der Waals surface area contributed by atoms with Gasteiger partial charge in [-0.1, -0.05) is 18.5 Å². The van der Waals surface area contributed by atoms with Gasteiger partial charge in [0.2, 0.25) is 0 Å². The first-order chi connectivity index (χ1) is 7.65. The number of aromatic nitrogens is 1. The van der Waals surface area contributed by atoms with Crippen molar-refractivity contribution in [2.24, 2.45) is 0 Å². The summed E-state index contributed by atoms with van der Waals surface area (Å²) in [4.78, 5) is 4.03. The molecule has 0 bridgehead atoms. The monoisotopic (exact) mass is 239 g/mol. The van der Waals surface area contributed by atoms with E-state index in [9.17, 15) is 5.11 Å². The number of hydrogen-bond acceptors (Lipinski definition) is 4. The third-order valence-electron chi connectivity index (χ3n) is 2.18. The van der Waals surface area contributed by atoms with Crippen LogP contribution in [-0.4, -0.2) is 22.7 Å². The van der Waals surface area contributed by atoms with E-state index >= 15 is 0 Å². The number of nitrogens with zero attached hydrogens (tertiary/aromatic N) is 2. The third kappa shape index (κ3) is 4.05. The smallest absolute Gasteiger partial charge is 0.132 e. The van der Waals surface area contributed by atoms with Gasteiger partial charge in [0.05, 0.1) is 17.7 Å². The summed E-state index contributed by atoms with van der Waals surface area (Å²) in [6, 6.07) is 5.14. The summed E-state index contributed by atoms with van der Waals surface area (Å²) in [5.74, 6) is 0.562. The number of nitriles is 1. The lowest BCUT2D eigenvalue weighted by molar-refractivity contribution is 0.164. The fourth-order valence-electron chi connectivity index (χ4n) is 1.22. The van der Waals surface area contributed by atoms with Crippen molar-refractivity contribution < 1.29 is 5.11 Å². The van der Waals surface area contributed by atoms with Crippen molar-refractivity contribution in [3.8, 4) is 6.07 Å². The van der Waals surface area contributed by atoms with Crippen LogP contribution in [0.25, 0.3) is 0 Å². The van der Waals surface area contributed by atoms with Crippen LogP contribution in [0.2, 0.25) is 5.15 Å². The van der Waals surface area contributed by atoms with E-state index in [2.05, 4.69) is 10.3 Å². The van der Waals surface area contributed by atoms with Crippen LogP contribution >= 0.6 is 11.6 Å². The Bertz CT molecular complexity index is 389. The Morgan fingerprint density at radius 2 is 2.38 bits per heavy atom. The fourth-order valence-corrected chi connectivity index (χ4v) is 1.43. The largest absolute Gasteiger partial charge is 0.393 e. The van der Waals surface area contributed by atoms with Crippen LogP contribution in [-0.2, 0) is 0 Å². The molecule has 5 heteroatoms. The molecule has 1 heterocycles. The molecule has 1 rings (SSSR count). The molecule has 0 saturated heterocycles. The van der Waals surface area contributed by atoms with E-state index in [1.807, 2.05) is 13.0 Å². The number of aliphatic hydroxyl groups is 1. The van der Waals surface area contributed by atoms with Crippen LogP contribution in [0.5, 0.6) is 0 Å². The lowest BCUT2D eigenvalue weighted by Gasteiger charge is -2.09. The summed E-state index contributed by atoms with van der Waals surface area (Å²) >= 11 is 5.75. The van der Waals surface area contributed by atoms with Gasteiger partial charge in [-0.25, -0.2) is 4.98 Å². The Morgan fingerprint density at radius 1 is 1.62 bits per heavy atom. The van der Waals surface area contributed by atoms with E-state index in [-0.39, 0.29) is 11.3 Å². The molecular formula is C11H14ClN3O. The molecule has 0 spiro atoms. The van der Waals surface area contributed by atoms with Gasteiger partial charge < -0.3 is 10.4 Å². The molecule has 0 fully saturated rings. The topological polar surface area (TPSA) is 68.9 Å². The lowest BCUT2D eigenvalue weighted by atomic mass is 10.2. The number of nitrogens with one attached hydrogen (secondary N) is 1. The van der Waals surface area contributed by atoms with Gasteiger partial charge in [0, 0.05) is 6.54 Å².